The summed E-state index contributed by atoms with van der Waals surface area (Å²) in [5, 5.41) is 9.09. The number of likely N-dealkylation sites (tertiary alicyclic amines) is 1. The van der Waals surface area contributed by atoms with E-state index in [4.69, 9.17) is 5.10 Å². The van der Waals surface area contributed by atoms with Crippen molar-refractivity contribution in [1.82, 2.24) is 30.0 Å². The number of aromatic amines is 1. The minimum Gasteiger partial charge on any atom is -0.346 e. The third-order valence-corrected chi connectivity index (χ3v) is 6.18. The highest BCUT2D eigenvalue weighted by Gasteiger charge is 2.51. The first-order valence-electron chi connectivity index (χ1n) is 10.4. The Morgan fingerprint density at radius 1 is 1.31 bits per heavy atom. The number of fused-ring (bicyclic) bond motifs is 3. The van der Waals surface area contributed by atoms with Gasteiger partial charge < -0.3 is 15.2 Å². The van der Waals surface area contributed by atoms with E-state index in [1.807, 2.05) is 38.1 Å². The molecule has 1 fully saturated rings. The molecule has 3 aromatic heterocycles. The third-order valence-electron chi connectivity index (χ3n) is 6.18. The van der Waals surface area contributed by atoms with Gasteiger partial charge in [0.1, 0.15) is 5.65 Å². The van der Waals surface area contributed by atoms with E-state index in [-0.39, 0.29) is 17.0 Å². The van der Waals surface area contributed by atoms with Crippen molar-refractivity contribution in [3.8, 4) is 11.3 Å². The van der Waals surface area contributed by atoms with Gasteiger partial charge in [0.2, 0.25) is 0 Å². The Morgan fingerprint density at radius 3 is 2.83 bits per heavy atom. The lowest BCUT2D eigenvalue weighted by Crippen LogP contribution is -2.64. The van der Waals surface area contributed by atoms with Crippen LogP contribution in [0.2, 0.25) is 0 Å². The number of hydrogen-bond donors (Lipinski definition) is 2. The zero-order valence-electron chi connectivity index (χ0n) is 17.5. The number of H-pyrrole nitrogens is 1. The van der Waals surface area contributed by atoms with Gasteiger partial charge in [0.15, 0.2) is 0 Å². The Morgan fingerprint density at radius 2 is 2.10 bits per heavy atom. The smallest absolute Gasteiger partial charge is 0.317 e. The minimum atomic E-state index is -0.217. The van der Waals surface area contributed by atoms with Crippen LogP contribution < -0.4 is 5.32 Å². The molecule has 0 saturated carbocycles. The Balaban J connectivity index is 1.40. The van der Waals surface area contributed by atoms with E-state index in [1.54, 1.807) is 0 Å². The number of hydrogen-bond acceptors (Lipinski definition) is 3. The fraction of sp³-hybridized carbons (Fsp3) is 0.500. The van der Waals surface area contributed by atoms with E-state index in [1.165, 1.54) is 16.6 Å². The molecule has 5 heterocycles. The van der Waals surface area contributed by atoms with Crippen LogP contribution >= 0.6 is 0 Å². The molecule has 7 nitrogen and oxygen atoms in total. The maximum absolute atomic E-state index is 12.5. The molecule has 7 heteroatoms. The number of carbonyl (C=O) groups is 1. The lowest BCUT2D eigenvalue weighted by Gasteiger charge is -2.48. The molecule has 2 aliphatic heterocycles. The molecule has 152 valence electrons. The Bertz CT molecular complexity index is 1100. The SMILES string of the molecule is CCc1c[nH]c2ncc(-c3cc4n(n3)CCC43CN(C(=O)NC(C)(C)C)C3)cc12. The Kier molecular flexibility index (Phi) is 3.82. The van der Waals surface area contributed by atoms with Crippen molar-refractivity contribution in [2.45, 2.75) is 58.0 Å². The van der Waals surface area contributed by atoms with Crippen LogP contribution in [0.15, 0.2) is 24.5 Å². The summed E-state index contributed by atoms with van der Waals surface area (Å²) < 4.78 is 2.12. The molecule has 3 aromatic rings. The van der Waals surface area contributed by atoms with Crippen LogP contribution in [0.3, 0.4) is 0 Å². The molecule has 2 aliphatic rings. The lowest BCUT2D eigenvalue weighted by atomic mass is 9.76. The predicted molar refractivity (Wildman–Crippen MR) is 113 cm³/mol. The average molecular weight is 393 g/mol. The molecule has 0 unspecified atom stereocenters. The van der Waals surface area contributed by atoms with E-state index in [0.29, 0.717) is 0 Å². The quantitative estimate of drug-likeness (QED) is 0.701. The van der Waals surface area contributed by atoms with Crippen LogP contribution in [0, 0.1) is 0 Å². The summed E-state index contributed by atoms with van der Waals surface area (Å²) in [7, 11) is 0. The number of rotatable bonds is 2. The number of aryl methyl sites for hydroxylation is 2. The molecule has 2 amide bonds. The second-order valence-electron chi connectivity index (χ2n) is 9.49. The van der Waals surface area contributed by atoms with Gasteiger partial charge in [-0.1, -0.05) is 6.92 Å². The standard InChI is InChI=1S/C22H28N6O/c1-5-14-10-23-19-16(14)8-15(11-24-19)17-9-18-22(6-7-28(18)26-17)12-27(13-22)20(29)25-21(2,3)4/h8-11H,5-7,12-13H2,1-4H3,(H,23,24)(H,25,29). The van der Waals surface area contributed by atoms with Crippen molar-refractivity contribution >= 4 is 17.1 Å². The number of urea groups is 1. The molecule has 1 saturated heterocycles. The molecule has 1 spiro atoms. The number of aromatic nitrogens is 4. The van der Waals surface area contributed by atoms with Crippen LogP contribution in [-0.2, 0) is 18.4 Å². The summed E-state index contributed by atoms with van der Waals surface area (Å²) in [6.07, 6.45) is 5.95. The van der Waals surface area contributed by atoms with Gasteiger partial charge in [0.25, 0.3) is 0 Å². The fourth-order valence-electron chi connectivity index (χ4n) is 4.64. The minimum absolute atomic E-state index is 0.0236. The number of amides is 2. The summed E-state index contributed by atoms with van der Waals surface area (Å²) in [6, 6.07) is 4.41. The van der Waals surface area contributed by atoms with Crippen molar-refractivity contribution in [3.05, 3.63) is 35.8 Å². The molecular weight excluding hydrogens is 364 g/mol. The van der Waals surface area contributed by atoms with E-state index >= 15 is 0 Å². The topological polar surface area (TPSA) is 78.8 Å². The second kappa shape index (κ2) is 6.08. The van der Waals surface area contributed by atoms with Crippen molar-refractivity contribution in [3.63, 3.8) is 0 Å². The van der Waals surface area contributed by atoms with Gasteiger partial charge in [0, 0.05) is 59.6 Å². The van der Waals surface area contributed by atoms with E-state index in [2.05, 4.69) is 39.0 Å². The van der Waals surface area contributed by atoms with Gasteiger partial charge in [-0.15, -0.1) is 0 Å². The highest BCUT2D eigenvalue weighted by atomic mass is 16.2. The zero-order chi connectivity index (χ0) is 20.4. The zero-order valence-corrected chi connectivity index (χ0v) is 17.5. The van der Waals surface area contributed by atoms with Crippen LogP contribution in [-0.4, -0.2) is 49.3 Å². The average Bonchev–Trinajstić information content (AvgIpc) is 3.30. The third kappa shape index (κ3) is 2.91. The van der Waals surface area contributed by atoms with Crippen molar-refractivity contribution in [1.29, 1.82) is 0 Å². The molecular formula is C22H28N6O. The Hall–Kier alpha value is -2.83. The summed E-state index contributed by atoms with van der Waals surface area (Å²) in [6.45, 7) is 10.6. The molecule has 0 aliphatic carbocycles. The van der Waals surface area contributed by atoms with Gasteiger partial charge in [-0.3, -0.25) is 4.68 Å². The number of pyridine rings is 1. The number of carbonyl (C=O) groups excluding carboxylic acids is 1. The first-order chi connectivity index (χ1) is 13.8. The van der Waals surface area contributed by atoms with Gasteiger partial charge in [-0.2, -0.15) is 5.10 Å². The van der Waals surface area contributed by atoms with Crippen LogP contribution in [0.5, 0.6) is 0 Å². The first-order valence-corrected chi connectivity index (χ1v) is 10.4. The van der Waals surface area contributed by atoms with Gasteiger partial charge in [0.05, 0.1) is 5.69 Å². The van der Waals surface area contributed by atoms with E-state index in [9.17, 15) is 4.79 Å². The molecule has 0 bridgehead atoms. The molecule has 5 rings (SSSR count). The summed E-state index contributed by atoms with van der Waals surface area (Å²) >= 11 is 0. The summed E-state index contributed by atoms with van der Waals surface area (Å²) in [5.74, 6) is 0. The first kappa shape index (κ1) is 18.2. The highest BCUT2D eigenvalue weighted by Crippen LogP contribution is 2.44. The van der Waals surface area contributed by atoms with Crippen LogP contribution in [0.4, 0.5) is 4.79 Å². The maximum Gasteiger partial charge on any atom is 0.317 e. The van der Waals surface area contributed by atoms with E-state index in [0.717, 1.165) is 49.4 Å². The normalized spacial score (nSPS) is 17.6. The molecule has 0 radical (unpaired) electrons. The highest BCUT2D eigenvalue weighted by molar-refractivity contribution is 5.84. The second-order valence-corrected chi connectivity index (χ2v) is 9.49. The molecule has 2 N–H and O–H groups in total. The predicted octanol–water partition coefficient (Wildman–Crippen LogP) is 3.45. The molecule has 29 heavy (non-hydrogen) atoms. The molecule has 0 atom stereocenters. The summed E-state index contributed by atoms with van der Waals surface area (Å²) in [4.78, 5) is 22.2. The van der Waals surface area contributed by atoms with Gasteiger partial charge in [-0.25, -0.2) is 9.78 Å². The largest absolute Gasteiger partial charge is 0.346 e. The number of nitrogens with zero attached hydrogens (tertiary/aromatic N) is 4. The monoisotopic (exact) mass is 392 g/mol. The maximum atomic E-state index is 12.5. The number of nitrogens with one attached hydrogen (secondary N) is 2. The van der Waals surface area contributed by atoms with Crippen molar-refractivity contribution < 1.29 is 4.79 Å². The van der Waals surface area contributed by atoms with E-state index < -0.39 is 0 Å². The van der Waals surface area contributed by atoms with Crippen molar-refractivity contribution in [2.24, 2.45) is 0 Å². The molecule has 0 aromatic carbocycles. The Labute approximate surface area is 170 Å². The van der Waals surface area contributed by atoms with Gasteiger partial charge >= 0.3 is 6.03 Å². The van der Waals surface area contributed by atoms with Crippen LogP contribution in [0.25, 0.3) is 22.3 Å². The summed E-state index contributed by atoms with van der Waals surface area (Å²) in [5.41, 5.74) is 5.29. The van der Waals surface area contributed by atoms with Gasteiger partial charge in [-0.05, 0) is 51.3 Å². The van der Waals surface area contributed by atoms with Crippen LogP contribution in [0.1, 0.15) is 45.4 Å². The van der Waals surface area contributed by atoms with Crippen molar-refractivity contribution in [2.75, 3.05) is 13.1 Å². The lowest BCUT2D eigenvalue weighted by molar-refractivity contribution is 0.0880. The fourth-order valence-corrected chi connectivity index (χ4v) is 4.64.